The Labute approximate surface area is 164 Å². The molecule has 0 bridgehead atoms. The van der Waals surface area contributed by atoms with Crippen LogP contribution in [0.2, 0.25) is 0 Å². The van der Waals surface area contributed by atoms with Gasteiger partial charge < -0.3 is 19.5 Å². The number of sulfonamides is 1. The lowest BCUT2D eigenvalue weighted by Crippen LogP contribution is -2.53. The van der Waals surface area contributed by atoms with E-state index in [4.69, 9.17) is 9.56 Å². The Morgan fingerprint density at radius 3 is 2.48 bits per heavy atom. The number of aliphatic imine (C=N–C) groups is 1. The molecule has 3 N–H and O–H groups in total. The van der Waals surface area contributed by atoms with Crippen molar-refractivity contribution in [2.24, 2.45) is 10.1 Å². The molecule has 1 aliphatic heterocycles. The summed E-state index contributed by atoms with van der Waals surface area (Å²) < 4.78 is 27.1. The van der Waals surface area contributed by atoms with Crippen LogP contribution in [0.15, 0.2) is 27.8 Å². The quantitative estimate of drug-likeness (QED) is 0.342. The number of piperazine rings is 1. The zero-order chi connectivity index (χ0) is 17.6. The fourth-order valence-corrected chi connectivity index (χ4v) is 2.73. The summed E-state index contributed by atoms with van der Waals surface area (Å²) in [5.41, 5.74) is 0. The molecule has 1 saturated heterocycles. The van der Waals surface area contributed by atoms with Crippen LogP contribution >= 0.6 is 24.0 Å². The molecule has 1 aromatic heterocycles. The predicted molar refractivity (Wildman–Crippen MR) is 106 cm³/mol. The molecule has 1 amide bonds. The number of hydrogen-bond acceptors (Lipinski definition) is 5. The number of halogens is 1. The summed E-state index contributed by atoms with van der Waals surface area (Å²) in [6, 6.07) is 3.33. The minimum atomic E-state index is -3.53. The highest BCUT2D eigenvalue weighted by molar-refractivity contribution is 14.0. The lowest BCUT2D eigenvalue weighted by atomic mass is 10.3. The molecule has 0 aliphatic carbocycles. The number of furan rings is 1. The molecule has 2 rings (SSSR count). The van der Waals surface area contributed by atoms with Crippen molar-refractivity contribution in [3.8, 4) is 0 Å². The molecular formula is C14H24IN5O4S. The molecule has 0 aromatic carbocycles. The standard InChI is InChI=1S/C14H23N5O4S.HI/c1-2-16-14(17-5-11-24(15,21)22)19-8-6-18(7-9-19)13(20)12-4-3-10-23-12;/h3-4,10H,2,5-9,11H2,1H3,(H,16,17)(H2,15,21,22);1H. The van der Waals surface area contributed by atoms with E-state index in [0.717, 1.165) is 0 Å². The van der Waals surface area contributed by atoms with Gasteiger partial charge in [0.05, 0.1) is 18.6 Å². The van der Waals surface area contributed by atoms with Gasteiger partial charge in [-0.1, -0.05) is 0 Å². The number of rotatable bonds is 5. The van der Waals surface area contributed by atoms with Crippen LogP contribution in [0.1, 0.15) is 17.5 Å². The zero-order valence-electron chi connectivity index (χ0n) is 14.1. The second kappa shape index (κ2) is 9.97. The van der Waals surface area contributed by atoms with E-state index < -0.39 is 10.0 Å². The molecule has 0 unspecified atom stereocenters. The molecule has 1 aromatic rings. The molecule has 0 atom stereocenters. The first-order valence-corrected chi connectivity index (χ1v) is 9.49. The topological polar surface area (TPSA) is 121 Å². The zero-order valence-corrected chi connectivity index (χ0v) is 17.2. The number of amides is 1. The van der Waals surface area contributed by atoms with E-state index in [1.807, 2.05) is 11.8 Å². The van der Waals surface area contributed by atoms with Crippen molar-refractivity contribution in [1.82, 2.24) is 15.1 Å². The maximum atomic E-state index is 12.2. The SMILES string of the molecule is CCNC(=NCCS(N)(=O)=O)N1CCN(C(=O)c2ccco2)CC1.I. The number of carbonyl (C=O) groups excluding carboxylic acids is 1. The van der Waals surface area contributed by atoms with Crippen molar-refractivity contribution in [3.63, 3.8) is 0 Å². The van der Waals surface area contributed by atoms with Gasteiger partial charge in [0.2, 0.25) is 10.0 Å². The van der Waals surface area contributed by atoms with E-state index in [2.05, 4.69) is 10.3 Å². The summed E-state index contributed by atoms with van der Waals surface area (Å²) in [5.74, 6) is 0.637. The molecule has 0 spiro atoms. The smallest absolute Gasteiger partial charge is 0.289 e. The van der Waals surface area contributed by atoms with Crippen molar-refractivity contribution in [3.05, 3.63) is 24.2 Å². The first-order chi connectivity index (χ1) is 11.4. The van der Waals surface area contributed by atoms with E-state index in [0.29, 0.717) is 44.4 Å². The fourth-order valence-electron chi connectivity index (χ4n) is 2.38. The van der Waals surface area contributed by atoms with Gasteiger partial charge in [-0.05, 0) is 19.1 Å². The molecule has 1 aliphatic rings. The van der Waals surface area contributed by atoms with Gasteiger partial charge in [-0.25, -0.2) is 13.6 Å². The largest absolute Gasteiger partial charge is 0.459 e. The van der Waals surface area contributed by atoms with Crippen LogP contribution in [0.3, 0.4) is 0 Å². The number of nitrogens with one attached hydrogen (secondary N) is 1. The van der Waals surface area contributed by atoms with Gasteiger partial charge in [0, 0.05) is 32.7 Å². The second-order valence-electron chi connectivity index (χ2n) is 5.36. The average molecular weight is 485 g/mol. The predicted octanol–water partition coefficient (Wildman–Crippen LogP) is -0.0906. The van der Waals surface area contributed by atoms with E-state index in [1.165, 1.54) is 6.26 Å². The Hall–Kier alpha value is -1.34. The van der Waals surface area contributed by atoms with E-state index in [9.17, 15) is 13.2 Å². The number of nitrogens with zero attached hydrogens (tertiary/aromatic N) is 3. The first-order valence-electron chi connectivity index (χ1n) is 7.77. The van der Waals surface area contributed by atoms with Crippen molar-refractivity contribution in [2.45, 2.75) is 6.92 Å². The number of carbonyl (C=O) groups is 1. The minimum absolute atomic E-state index is 0. The maximum Gasteiger partial charge on any atom is 0.289 e. The summed E-state index contributed by atoms with van der Waals surface area (Å²) in [4.78, 5) is 20.2. The van der Waals surface area contributed by atoms with Gasteiger partial charge in [0.1, 0.15) is 0 Å². The molecular weight excluding hydrogens is 461 g/mol. The molecule has 11 heteroatoms. The molecule has 0 radical (unpaired) electrons. The minimum Gasteiger partial charge on any atom is -0.459 e. The molecule has 0 saturated carbocycles. The maximum absolute atomic E-state index is 12.2. The highest BCUT2D eigenvalue weighted by Gasteiger charge is 2.25. The number of primary sulfonamides is 1. The summed E-state index contributed by atoms with van der Waals surface area (Å²) in [6.07, 6.45) is 1.48. The van der Waals surface area contributed by atoms with E-state index in [-0.39, 0.29) is 42.2 Å². The van der Waals surface area contributed by atoms with Crippen LogP contribution in [0.25, 0.3) is 0 Å². The summed E-state index contributed by atoms with van der Waals surface area (Å²) in [5, 5.41) is 8.12. The third-order valence-corrected chi connectivity index (χ3v) is 4.32. The van der Waals surface area contributed by atoms with Crippen LogP contribution in [-0.4, -0.2) is 75.1 Å². The number of hydrogen-bond donors (Lipinski definition) is 2. The monoisotopic (exact) mass is 485 g/mol. The number of guanidine groups is 1. The Bertz CT molecular complexity index is 669. The van der Waals surface area contributed by atoms with Gasteiger partial charge >= 0.3 is 0 Å². The Kier molecular flexibility index (Phi) is 8.65. The molecule has 142 valence electrons. The normalized spacial score (nSPS) is 15.7. The second-order valence-corrected chi connectivity index (χ2v) is 7.09. The first kappa shape index (κ1) is 21.7. The van der Waals surface area contributed by atoms with Gasteiger partial charge in [-0.2, -0.15) is 0 Å². The van der Waals surface area contributed by atoms with Crippen LogP contribution in [-0.2, 0) is 10.0 Å². The molecule has 2 heterocycles. The van der Waals surface area contributed by atoms with Crippen molar-refractivity contribution < 1.29 is 17.6 Å². The van der Waals surface area contributed by atoms with E-state index >= 15 is 0 Å². The lowest BCUT2D eigenvalue weighted by Gasteiger charge is -2.36. The van der Waals surface area contributed by atoms with Crippen molar-refractivity contribution in [2.75, 3.05) is 45.0 Å². The van der Waals surface area contributed by atoms with Gasteiger partial charge in [0.15, 0.2) is 11.7 Å². The Morgan fingerprint density at radius 1 is 1.32 bits per heavy atom. The van der Waals surface area contributed by atoms with Crippen LogP contribution < -0.4 is 10.5 Å². The van der Waals surface area contributed by atoms with Gasteiger partial charge in [-0.3, -0.25) is 9.79 Å². The van der Waals surface area contributed by atoms with Gasteiger partial charge in [-0.15, -0.1) is 24.0 Å². The van der Waals surface area contributed by atoms with Crippen molar-refractivity contribution in [1.29, 1.82) is 0 Å². The summed E-state index contributed by atoms with van der Waals surface area (Å²) in [6.45, 7) is 5.00. The van der Waals surface area contributed by atoms with Crippen LogP contribution in [0.4, 0.5) is 0 Å². The van der Waals surface area contributed by atoms with Crippen molar-refractivity contribution >= 4 is 45.9 Å². The molecule has 25 heavy (non-hydrogen) atoms. The third-order valence-electron chi connectivity index (χ3n) is 3.57. The van der Waals surface area contributed by atoms with Crippen LogP contribution in [0.5, 0.6) is 0 Å². The fraction of sp³-hybridized carbons (Fsp3) is 0.571. The number of nitrogens with two attached hydrogens (primary N) is 1. The molecule has 1 fully saturated rings. The molecule has 9 nitrogen and oxygen atoms in total. The van der Waals surface area contributed by atoms with Crippen LogP contribution in [0, 0.1) is 0 Å². The summed E-state index contributed by atoms with van der Waals surface area (Å²) in [7, 11) is -3.53. The lowest BCUT2D eigenvalue weighted by molar-refractivity contribution is 0.0657. The third kappa shape index (κ3) is 6.82. The highest BCUT2D eigenvalue weighted by Crippen LogP contribution is 2.09. The van der Waals surface area contributed by atoms with E-state index in [1.54, 1.807) is 17.0 Å². The highest BCUT2D eigenvalue weighted by atomic mass is 127. The van der Waals surface area contributed by atoms with Gasteiger partial charge in [0.25, 0.3) is 5.91 Å². The Morgan fingerprint density at radius 2 is 1.96 bits per heavy atom. The Balaban J connectivity index is 0.00000312. The summed E-state index contributed by atoms with van der Waals surface area (Å²) >= 11 is 0. The average Bonchev–Trinajstić information content (AvgIpc) is 3.07.